The van der Waals surface area contributed by atoms with E-state index in [-0.39, 0.29) is 18.1 Å². The second-order valence-corrected chi connectivity index (χ2v) is 3.56. The van der Waals surface area contributed by atoms with E-state index in [1.165, 1.54) is 41.2 Å². The van der Waals surface area contributed by atoms with E-state index in [2.05, 4.69) is 5.10 Å². The molecule has 0 fully saturated rings. The molecule has 0 saturated heterocycles. The lowest BCUT2D eigenvalue weighted by atomic mass is 10.1. The van der Waals surface area contributed by atoms with Gasteiger partial charge in [0.2, 0.25) is 0 Å². The molecule has 92 valence electrons. The summed E-state index contributed by atoms with van der Waals surface area (Å²) in [5, 5.41) is 14.0. The number of hydrogen-bond acceptors (Lipinski definition) is 4. The number of benzene rings is 1. The van der Waals surface area contributed by atoms with Crippen molar-refractivity contribution in [2.45, 2.75) is 6.54 Å². The smallest absolute Gasteiger partial charge is 0.358 e. The van der Waals surface area contributed by atoms with Gasteiger partial charge >= 0.3 is 5.82 Å². The van der Waals surface area contributed by atoms with Crippen molar-refractivity contribution in [2.75, 3.05) is 0 Å². The first-order valence-electron chi connectivity index (χ1n) is 5.03. The Morgan fingerprint density at radius 1 is 1.33 bits per heavy atom. The van der Waals surface area contributed by atoms with Crippen molar-refractivity contribution in [1.82, 2.24) is 9.78 Å². The van der Waals surface area contributed by atoms with E-state index in [0.29, 0.717) is 5.56 Å². The highest BCUT2D eigenvalue weighted by molar-refractivity contribution is 5.95. The third-order valence-corrected chi connectivity index (χ3v) is 2.29. The van der Waals surface area contributed by atoms with Crippen LogP contribution in [0.1, 0.15) is 10.4 Å². The first-order chi connectivity index (χ1) is 8.56. The van der Waals surface area contributed by atoms with Crippen molar-refractivity contribution in [3.8, 4) is 0 Å². The van der Waals surface area contributed by atoms with Crippen molar-refractivity contribution < 1.29 is 14.1 Å². The first kappa shape index (κ1) is 11.9. The fraction of sp³-hybridized carbons (Fsp3) is 0.0909. The molecular weight excluding hydrogens is 241 g/mol. The lowest BCUT2D eigenvalue weighted by molar-refractivity contribution is -0.389. The van der Waals surface area contributed by atoms with Gasteiger partial charge in [-0.05, 0) is 29.2 Å². The topological polar surface area (TPSA) is 78.0 Å². The fourth-order valence-electron chi connectivity index (χ4n) is 1.41. The van der Waals surface area contributed by atoms with Gasteiger partial charge in [-0.3, -0.25) is 4.79 Å². The molecule has 0 aliphatic heterocycles. The van der Waals surface area contributed by atoms with Gasteiger partial charge in [-0.25, -0.2) is 4.39 Å². The molecule has 7 heteroatoms. The van der Waals surface area contributed by atoms with Crippen LogP contribution in [-0.2, 0) is 6.54 Å². The van der Waals surface area contributed by atoms with Crippen molar-refractivity contribution in [1.29, 1.82) is 0 Å². The molecule has 1 aromatic heterocycles. The Hall–Kier alpha value is -2.57. The van der Waals surface area contributed by atoms with Gasteiger partial charge < -0.3 is 10.1 Å². The zero-order valence-corrected chi connectivity index (χ0v) is 9.12. The fourth-order valence-corrected chi connectivity index (χ4v) is 1.41. The summed E-state index contributed by atoms with van der Waals surface area (Å²) in [4.78, 5) is 21.5. The molecule has 0 atom stereocenters. The number of aromatic nitrogens is 2. The van der Waals surface area contributed by atoms with E-state index in [9.17, 15) is 19.3 Å². The Bertz CT molecular complexity index is 592. The van der Waals surface area contributed by atoms with Crippen LogP contribution in [-0.4, -0.2) is 20.5 Å². The Morgan fingerprint density at radius 3 is 2.56 bits per heavy atom. The average molecular weight is 249 g/mol. The predicted octanol–water partition coefficient (Wildman–Crippen LogP) is 1.81. The van der Waals surface area contributed by atoms with Gasteiger partial charge in [0.25, 0.3) is 0 Å². The second kappa shape index (κ2) is 4.74. The lowest BCUT2D eigenvalue weighted by Crippen LogP contribution is -2.11. The van der Waals surface area contributed by atoms with Crippen LogP contribution in [0.3, 0.4) is 0 Å². The molecule has 0 spiro atoms. The molecule has 0 radical (unpaired) electrons. The van der Waals surface area contributed by atoms with E-state index in [1.54, 1.807) is 0 Å². The molecule has 6 nitrogen and oxygen atoms in total. The molecular formula is C11H8FN3O3. The largest absolute Gasteiger partial charge is 0.389 e. The van der Waals surface area contributed by atoms with Crippen LogP contribution in [0.4, 0.5) is 10.2 Å². The van der Waals surface area contributed by atoms with Gasteiger partial charge in [0, 0.05) is 5.56 Å². The molecule has 0 unspecified atom stereocenters. The highest BCUT2D eigenvalue weighted by atomic mass is 19.1. The molecule has 2 rings (SSSR count). The van der Waals surface area contributed by atoms with Crippen molar-refractivity contribution in [3.05, 3.63) is 58.0 Å². The molecule has 1 heterocycles. The summed E-state index contributed by atoms with van der Waals surface area (Å²) in [5.41, 5.74) is 0.328. The zero-order valence-electron chi connectivity index (χ0n) is 9.12. The quantitative estimate of drug-likeness (QED) is 0.470. The first-order valence-corrected chi connectivity index (χ1v) is 5.03. The molecule has 0 saturated carbocycles. The maximum atomic E-state index is 12.7. The predicted molar refractivity (Wildman–Crippen MR) is 59.6 cm³/mol. The van der Waals surface area contributed by atoms with Gasteiger partial charge in [-0.2, -0.15) is 4.68 Å². The number of hydrogen-bond donors (Lipinski definition) is 0. The number of halogens is 1. The summed E-state index contributed by atoms with van der Waals surface area (Å²) in [6.07, 6.45) is 1.35. The second-order valence-electron chi connectivity index (χ2n) is 3.56. The maximum absolute atomic E-state index is 12.7. The number of nitrogens with zero attached hydrogens (tertiary/aromatic N) is 3. The van der Waals surface area contributed by atoms with Crippen molar-refractivity contribution in [3.63, 3.8) is 0 Å². The Balaban J connectivity index is 2.11. The van der Waals surface area contributed by atoms with E-state index in [4.69, 9.17) is 0 Å². The highest BCUT2D eigenvalue weighted by Crippen LogP contribution is 2.08. The third-order valence-electron chi connectivity index (χ3n) is 2.29. The monoisotopic (exact) mass is 249 g/mol. The molecule has 2 aromatic rings. The van der Waals surface area contributed by atoms with Gasteiger partial charge in [0.15, 0.2) is 5.78 Å². The number of rotatable bonds is 4. The van der Waals surface area contributed by atoms with Crippen molar-refractivity contribution in [2.24, 2.45) is 0 Å². The number of carbonyl (C=O) groups excluding carboxylic acids is 1. The summed E-state index contributed by atoms with van der Waals surface area (Å²) in [5.74, 6) is -1.05. The van der Waals surface area contributed by atoms with E-state index < -0.39 is 10.7 Å². The van der Waals surface area contributed by atoms with Crippen LogP contribution in [0.15, 0.2) is 36.5 Å². The van der Waals surface area contributed by atoms with Crippen LogP contribution in [0, 0.1) is 15.9 Å². The van der Waals surface area contributed by atoms with E-state index in [1.807, 2.05) is 0 Å². The average Bonchev–Trinajstić information content (AvgIpc) is 2.78. The Kier molecular flexibility index (Phi) is 3.13. The number of nitro groups is 1. The van der Waals surface area contributed by atoms with Gasteiger partial charge in [-0.1, -0.05) is 0 Å². The number of Topliss-reactive ketones (excluding diaryl/α,β-unsaturated/α-hetero) is 1. The van der Waals surface area contributed by atoms with E-state index in [0.717, 1.165) is 0 Å². The van der Waals surface area contributed by atoms with Crippen LogP contribution in [0.2, 0.25) is 0 Å². The molecule has 0 amide bonds. The van der Waals surface area contributed by atoms with E-state index >= 15 is 0 Å². The molecule has 0 N–H and O–H groups in total. The summed E-state index contributed by atoms with van der Waals surface area (Å²) in [7, 11) is 0. The van der Waals surface area contributed by atoms with Crippen molar-refractivity contribution >= 4 is 11.6 Å². The normalized spacial score (nSPS) is 10.3. The SMILES string of the molecule is O=C(Cn1ccc([N+](=O)[O-])n1)c1ccc(F)cc1. The summed E-state index contributed by atoms with van der Waals surface area (Å²) < 4.78 is 13.8. The van der Waals surface area contributed by atoms with Gasteiger partial charge in [0.05, 0.1) is 17.4 Å². The molecule has 18 heavy (non-hydrogen) atoms. The summed E-state index contributed by atoms with van der Waals surface area (Å²) >= 11 is 0. The number of carbonyl (C=O) groups is 1. The molecule has 0 aliphatic carbocycles. The summed E-state index contributed by atoms with van der Waals surface area (Å²) in [6, 6.07) is 6.28. The maximum Gasteiger partial charge on any atom is 0.389 e. The molecule has 0 aliphatic rings. The van der Waals surface area contributed by atoms with Gasteiger partial charge in [-0.15, -0.1) is 0 Å². The minimum atomic E-state index is -0.640. The minimum absolute atomic E-state index is 0.126. The van der Waals surface area contributed by atoms with Crippen LogP contribution >= 0.6 is 0 Å². The standard InChI is InChI=1S/C11H8FN3O3/c12-9-3-1-8(2-4-9)10(16)7-14-6-5-11(13-14)15(17)18/h1-6H,7H2. The molecule has 1 aromatic carbocycles. The Labute approximate surface area is 101 Å². The summed E-state index contributed by atoms with van der Waals surface area (Å²) in [6.45, 7) is -0.126. The number of ketones is 1. The molecule has 0 bridgehead atoms. The van der Waals surface area contributed by atoms with Crippen LogP contribution < -0.4 is 0 Å². The highest BCUT2D eigenvalue weighted by Gasteiger charge is 2.14. The lowest BCUT2D eigenvalue weighted by Gasteiger charge is -1.98. The van der Waals surface area contributed by atoms with Crippen LogP contribution in [0.25, 0.3) is 0 Å². The Morgan fingerprint density at radius 2 is 2.00 bits per heavy atom. The van der Waals surface area contributed by atoms with Crippen LogP contribution in [0.5, 0.6) is 0 Å². The third kappa shape index (κ3) is 2.57. The van der Waals surface area contributed by atoms with Gasteiger partial charge in [0.1, 0.15) is 12.4 Å². The minimum Gasteiger partial charge on any atom is -0.358 e. The zero-order chi connectivity index (χ0) is 13.1.